The van der Waals surface area contributed by atoms with Gasteiger partial charge in [-0.2, -0.15) is 0 Å². The molecule has 240 valence electrons. The third kappa shape index (κ3) is 4.11. The number of nitrogens with zero attached hydrogens (tertiary/aromatic N) is 2. The third-order valence-corrected chi connectivity index (χ3v) is 14.2. The third-order valence-electron chi connectivity index (χ3n) is 11.1. The molecule has 2 aromatic heterocycles. The van der Waals surface area contributed by atoms with E-state index in [0.29, 0.717) is 0 Å². The van der Waals surface area contributed by atoms with E-state index in [1.807, 2.05) is 60.7 Å². The Bertz CT molecular complexity index is 2710. The summed E-state index contributed by atoms with van der Waals surface area (Å²) in [5, 5.41) is 5.01. The first-order valence-electron chi connectivity index (χ1n) is 17.5. The first-order valence-corrected chi connectivity index (χ1v) is 19.2. The van der Waals surface area contributed by atoms with Gasteiger partial charge in [0.05, 0.1) is 11.0 Å². The number of allylic oxidation sites excluding steroid dienone is 1. The predicted octanol–water partition coefficient (Wildman–Crippen LogP) is 10.2. The van der Waals surface area contributed by atoms with Crippen molar-refractivity contribution in [3.8, 4) is 22.3 Å². The lowest BCUT2D eigenvalue weighted by Crippen LogP contribution is -2.26. The van der Waals surface area contributed by atoms with Gasteiger partial charge in [0.1, 0.15) is 5.65 Å². The monoisotopic (exact) mass is 662 g/mol. The van der Waals surface area contributed by atoms with E-state index in [1.54, 1.807) is 0 Å². The maximum Gasteiger partial charge on any atom is 0.171 e. The number of imidazole rings is 1. The molecule has 4 heteroatoms. The van der Waals surface area contributed by atoms with Gasteiger partial charge in [-0.05, 0) is 81.9 Å². The molecule has 0 aliphatic heterocycles. The molecular formula is C46H35N2OP. The number of rotatable bonds is 4. The Morgan fingerprint density at radius 2 is 1.28 bits per heavy atom. The number of para-hydroxylation sites is 2. The Hall–Kier alpha value is -5.50. The van der Waals surface area contributed by atoms with E-state index in [2.05, 4.69) is 109 Å². The van der Waals surface area contributed by atoms with E-state index in [1.165, 1.54) is 60.9 Å². The van der Waals surface area contributed by atoms with Crippen molar-refractivity contribution in [3.05, 3.63) is 168 Å². The van der Waals surface area contributed by atoms with Crippen molar-refractivity contribution in [2.24, 2.45) is 0 Å². The molecule has 0 saturated carbocycles. The summed E-state index contributed by atoms with van der Waals surface area (Å²) < 4.78 is 17.7. The van der Waals surface area contributed by atoms with Crippen LogP contribution in [0.5, 0.6) is 0 Å². The van der Waals surface area contributed by atoms with E-state index in [9.17, 15) is 0 Å². The van der Waals surface area contributed by atoms with Crippen LogP contribution in [0, 0.1) is 0 Å². The molecule has 6 aromatic carbocycles. The first-order chi connectivity index (χ1) is 24.4. The highest BCUT2D eigenvalue weighted by Gasteiger charge is 2.38. The molecule has 0 radical (unpaired) electrons. The van der Waals surface area contributed by atoms with E-state index in [-0.39, 0.29) is 5.41 Å². The number of aryl methyl sites for hydroxylation is 1. The molecule has 10 rings (SSSR count). The van der Waals surface area contributed by atoms with E-state index in [0.717, 1.165) is 39.9 Å². The minimum absolute atomic E-state index is 0.274. The van der Waals surface area contributed by atoms with Crippen molar-refractivity contribution in [1.82, 2.24) is 9.38 Å². The summed E-state index contributed by atoms with van der Waals surface area (Å²) in [5.41, 5.74) is 12.9. The standard InChI is InChI=1S/C46H35N2OP/c1-46(2)40-28-31(30-21-24-35-38-17-9-11-19-43(38)48-44-20-12-10-18-42(44)47-45(48)39(35)27-30)22-25-36(40)37-26-23-34(29-41(37)46)50(49,32-13-5-3-6-14-32)33-15-7-4-8-16-33/h3-10,12-18,20-29H,11,19H2,1-2H3. The Balaban J connectivity index is 1.12. The second-order valence-corrected chi connectivity index (χ2v) is 17.0. The molecule has 0 spiro atoms. The van der Waals surface area contributed by atoms with Crippen molar-refractivity contribution in [2.45, 2.75) is 32.1 Å². The SMILES string of the molecule is CC1(C)c2cc(-c3ccc4c5c(n6c7ccccc7nc6c4c3)CCC=C5)ccc2-c2ccc(P(=O)(c3ccccc3)c3ccccc3)cc21. The van der Waals surface area contributed by atoms with E-state index in [4.69, 9.17) is 4.98 Å². The maximum atomic E-state index is 15.3. The molecule has 0 fully saturated rings. The molecule has 50 heavy (non-hydrogen) atoms. The second kappa shape index (κ2) is 10.7. The normalized spacial score (nSPS) is 14.6. The van der Waals surface area contributed by atoms with Crippen molar-refractivity contribution < 1.29 is 4.57 Å². The maximum absolute atomic E-state index is 15.3. The van der Waals surface area contributed by atoms with Gasteiger partial charge in [0.15, 0.2) is 7.14 Å². The van der Waals surface area contributed by atoms with Crippen LogP contribution in [0.15, 0.2) is 146 Å². The fourth-order valence-electron chi connectivity index (χ4n) is 8.58. The summed E-state index contributed by atoms with van der Waals surface area (Å²) in [7, 11) is -3.09. The molecule has 0 saturated heterocycles. The number of hydrogen-bond acceptors (Lipinski definition) is 2. The summed E-state index contributed by atoms with van der Waals surface area (Å²) in [6.45, 7) is 4.61. The highest BCUT2D eigenvalue weighted by molar-refractivity contribution is 7.85. The van der Waals surface area contributed by atoms with Gasteiger partial charge in [-0.3, -0.25) is 4.40 Å². The fourth-order valence-corrected chi connectivity index (χ4v) is 11.3. The van der Waals surface area contributed by atoms with Gasteiger partial charge in [-0.1, -0.05) is 135 Å². The smallest absolute Gasteiger partial charge is 0.171 e. The van der Waals surface area contributed by atoms with Crippen LogP contribution in [0.1, 0.15) is 42.7 Å². The van der Waals surface area contributed by atoms with Crippen molar-refractivity contribution >= 4 is 56.6 Å². The summed E-state index contributed by atoms with van der Waals surface area (Å²) in [6.07, 6.45) is 6.65. The lowest BCUT2D eigenvalue weighted by molar-refractivity contribution is 0.592. The summed E-state index contributed by atoms with van der Waals surface area (Å²) in [5.74, 6) is 0. The van der Waals surface area contributed by atoms with Gasteiger partial charge < -0.3 is 4.57 Å². The Kier molecular flexibility index (Phi) is 6.32. The van der Waals surface area contributed by atoms with Gasteiger partial charge in [0.25, 0.3) is 0 Å². The summed E-state index contributed by atoms with van der Waals surface area (Å²) in [4.78, 5) is 5.18. The Labute approximate surface area is 292 Å². The van der Waals surface area contributed by atoms with Crippen molar-refractivity contribution in [2.75, 3.05) is 0 Å². The van der Waals surface area contributed by atoms with Crippen LogP contribution in [0.4, 0.5) is 0 Å². The molecular weight excluding hydrogens is 627 g/mol. The van der Waals surface area contributed by atoms with Gasteiger partial charge in [-0.25, -0.2) is 4.98 Å². The zero-order valence-electron chi connectivity index (χ0n) is 28.1. The first kappa shape index (κ1) is 29.4. The Morgan fingerprint density at radius 1 is 0.640 bits per heavy atom. The van der Waals surface area contributed by atoms with Crippen LogP contribution in [-0.4, -0.2) is 9.38 Å². The minimum Gasteiger partial charge on any atom is -0.309 e. The van der Waals surface area contributed by atoms with Crippen LogP contribution in [0.2, 0.25) is 0 Å². The molecule has 0 unspecified atom stereocenters. The number of fused-ring (bicyclic) bond motifs is 11. The van der Waals surface area contributed by atoms with E-state index >= 15 is 4.57 Å². The molecule has 2 heterocycles. The zero-order chi connectivity index (χ0) is 33.6. The zero-order valence-corrected chi connectivity index (χ0v) is 29.0. The number of hydrogen-bond donors (Lipinski definition) is 0. The summed E-state index contributed by atoms with van der Waals surface area (Å²) >= 11 is 0. The molecule has 3 nitrogen and oxygen atoms in total. The van der Waals surface area contributed by atoms with Crippen molar-refractivity contribution in [3.63, 3.8) is 0 Å². The van der Waals surface area contributed by atoms with Crippen LogP contribution in [0.25, 0.3) is 55.8 Å². The largest absolute Gasteiger partial charge is 0.309 e. The van der Waals surface area contributed by atoms with Gasteiger partial charge in [-0.15, -0.1) is 0 Å². The average Bonchev–Trinajstić information content (AvgIpc) is 3.68. The van der Waals surface area contributed by atoms with Crippen LogP contribution < -0.4 is 15.9 Å². The number of aromatic nitrogens is 2. The quantitative estimate of drug-likeness (QED) is 0.176. The van der Waals surface area contributed by atoms with Crippen LogP contribution in [0.3, 0.4) is 0 Å². The van der Waals surface area contributed by atoms with Crippen LogP contribution in [-0.2, 0) is 16.4 Å². The number of pyridine rings is 1. The fraction of sp³-hybridized carbons (Fsp3) is 0.109. The van der Waals surface area contributed by atoms with Crippen molar-refractivity contribution in [1.29, 1.82) is 0 Å². The van der Waals surface area contributed by atoms with Gasteiger partial charge in [0, 0.05) is 38.0 Å². The highest BCUT2D eigenvalue weighted by Crippen LogP contribution is 2.52. The topological polar surface area (TPSA) is 34.4 Å². The Morgan fingerprint density at radius 3 is 2.04 bits per heavy atom. The van der Waals surface area contributed by atoms with Gasteiger partial charge in [0.2, 0.25) is 0 Å². The molecule has 2 aliphatic rings. The number of benzene rings is 6. The molecule has 8 aromatic rings. The van der Waals surface area contributed by atoms with Gasteiger partial charge >= 0.3 is 0 Å². The minimum atomic E-state index is -3.09. The molecule has 2 aliphatic carbocycles. The highest BCUT2D eigenvalue weighted by atomic mass is 31.2. The molecule has 0 N–H and O–H groups in total. The van der Waals surface area contributed by atoms with Crippen LogP contribution >= 0.6 is 7.14 Å². The molecule has 0 bridgehead atoms. The lowest BCUT2D eigenvalue weighted by Gasteiger charge is -2.25. The molecule has 0 atom stereocenters. The second-order valence-electron chi connectivity index (χ2n) is 14.2. The molecule has 0 amide bonds. The predicted molar refractivity (Wildman–Crippen MR) is 210 cm³/mol. The average molecular weight is 663 g/mol. The van der Waals surface area contributed by atoms with E-state index < -0.39 is 7.14 Å². The summed E-state index contributed by atoms with van der Waals surface area (Å²) in [6, 6.07) is 48.7. The lowest BCUT2D eigenvalue weighted by atomic mass is 9.81.